The number of halogens is 1. The number of guanidine groups is 1. The highest BCUT2D eigenvalue weighted by Gasteiger charge is 2.32. The van der Waals surface area contributed by atoms with Gasteiger partial charge >= 0.3 is 0 Å². The molecule has 1 aliphatic heterocycles. The number of hydrogen-bond acceptors (Lipinski definition) is 3. The number of hydrogen-bond donors (Lipinski definition) is 2. The van der Waals surface area contributed by atoms with Crippen LogP contribution in [0.1, 0.15) is 31.2 Å². The number of aliphatic imine (C=N–C) groups is 1. The van der Waals surface area contributed by atoms with E-state index in [1.807, 2.05) is 7.05 Å². The van der Waals surface area contributed by atoms with E-state index < -0.39 is 0 Å². The summed E-state index contributed by atoms with van der Waals surface area (Å²) in [4.78, 5) is 9.34. The van der Waals surface area contributed by atoms with Crippen LogP contribution >= 0.6 is 15.9 Å². The summed E-state index contributed by atoms with van der Waals surface area (Å²) in [6, 6.07) is 9.79. The predicted molar refractivity (Wildman–Crippen MR) is 117 cm³/mol. The normalized spacial score (nSPS) is 20.7. The lowest BCUT2D eigenvalue weighted by Crippen LogP contribution is -2.51. The Kier molecular flexibility index (Phi) is 7.56. The summed E-state index contributed by atoms with van der Waals surface area (Å²) in [7, 11) is 6.24. The monoisotopic (exact) mass is 435 g/mol. The molecule has 3 rings (SSSR count). The molecular weight excluding hydrogens is 402 g/mol. The molecule has 2 fully saturated rings. The van der Waals surface area contributed by atoms with Gasteiger partial charge in [-0.2, -0.15) is 0 Å². The summed E-state index contributed by atoms with van der Waals surface area (Å²) in [6.07, 6.45) is 5.06. The molecule has 0 spiro atoms. The molecule has 1 heterocycles. The van der Waals surface area contributed by atoms with E-state index in [-0.39, 0.29) is 0 Å². The van der Waals surface area contributed by atoms with Crippen LogP contribution in [0.4, 0.5) is 0 Å². The molecule has 1 atom stereocenters. The maximum absolute atomic E-state index is 4.45. The fraction of sp³-hybridized carbons (Fsp3) is 0.667. The highest BCUT2D eigenvalue weighted by Crippen LogP contribution is 2.34. The van der Waals surface area contributed by atoms with Gasteiger partial charge in [-0.15, -0.1) is 0 Å². The van der Waals surface area contributed by atoms with Crippen LogP contribution in [0.15, 0.2) is 33.7 Å². The Balaban J connectivity index is 1.40. The van der Waals surface area contributed by atoms with Crippen molar-refractivity contribution in [2.45, 2.75) is 44.3 Å². The SMILES string of the molecule is CN=C(NCC(C1CC1)N(C)C)NC1CCN(Cc2ccc(Br)cc2)CC1. The summed E-state index contributed by atoms with van der Waals surface area (Å²) < 4.78 is 1.14. The predicted octanol–water partition coefficient (Wildman–Crippen LogP) is 2.92. The van der Waals surface area contributed by atoms with E-state index in [2.05, 4.69) is 79.7 Å². The lowest BCUT2D eigenvalue weighted by molar-refractivity contribution is 0.198. The van der Waals surface area contributed by atoms with Crippen LogP contribution in [0.25, 0.3) is 0 Å². The molecule has 5 nitrogen and oxygen atoms in total. The van der Waals surface area contributed by atoms with Gasteiger partial charge in [0.2, 0.25) is 0 Å². The number of piperidine rings is 1. The molecule has 1 saturated heterocycles. The van der Waals surface area contributed by atoms with Crippen LogP contribution in [0, 0.1) is 5.92 Å². The standard InChI is InChI=1S/C21H34BrN5/c1-23-21(24-14-20(26(2)3)17-6-7-17)25-19-10-12-27(13-11-19)15-16-4-8-18(22)9-5-16/h4-5,8-9,17,19-20H,6-7,10-15H2,1-3H3,(H2,23,24,25). The lowest BCUT2D eigenvalue weighted by atomic mass is 10.0. The van der Waals surface area contributed by atoms with Crippen LogP contribution in [-0.2, 0) is 6.54 Å². The fourth-order valence-corrected chi connectivity index (χ4v) is 4.19. The quantitative estimate of drug-likeness (QED) is 0.510. The second kappa shape index (κ2) is 9.89. The Hall–Kier alpha value is -1.11. The molecule has 1 aromatic carbocycles. The molecular formula is C21H34BrN5. The summed E-state index contributed by atoms with van der Waals surface area (Å²) in [6.45, 7) is 4.28. The molecule has 27 heavy (non-hydrogen) atoms. The minimum atomic E-state index is 0.510. The molecule has 1 aromatic rings. The van der Waals surface area contributed by atoms with Gasteiger partial charge < -0.3 is 15.5 Å². The van der Waals surface area contributed by atoms with E-state index in [0.717, 1.165) is 55.4 Å². The third-order valence-corrected chi connectivity index (χ3v) is 6.31. The minimum absolute atomic E-state index is 0.510. The van der Waals surface area contributed by atoms with Gasteiger partial charge in [0.1, 0.15) is 0 Å². The van der Waals surface area contributed by atoms with Crippen LogP contribution in [0.3, 0.4) is 0 Å². The first kappa shape index (κ1) is 20.6. The van der Waals surface area contributed by atoms with Gasteiger partial charge in [-0.25, -0.2) is 0 Å². The van der Waals surface area contributed by atoms with E-state index in [0.29, 0.717) is 12.1 Å². The first-order chi connectivity index (χ1) is 13.0. The van der Waals surface area contributed by atoms with Gasteiger partial charge in [0.25, 0.3) is 0 Å². The molecule has 1 aliphatic carbocycles. The van der Waals surface area contributed by atoms with Crippen molar-refractivity contribution in [3.8, 4) is 0 Å². The molecule has 2 N–H and O–H groups in total. The van der Waals surface area contributed by atoms with Crippen molar-refractivity contribution < 1.29 is 0 Å². The third kappa shape index (κ3) is 6.47. The smallest absolute Gasteiger partial charge is 0.191 e. The highest BCUT2D eigenvalue weighted by atomic mass is 79.9. The maximum Gasteiger partial charge on any atom is 0.191 e. The van der Waals surface area contributed by atoms with E-state index in [1.54, 1.807) is 0 Å². The maximum atomic E-state index is 4.45. The largest absolute Gasteiger partial charge is 0.355 e. The van der Waals surface area contributed by atoms with Gasteiger partial charge in [0.15, 0.2) is 5.96 Å². The van der Waals surface area contributed by atoms with Gasteiger partial charge in [0, 0.05) is 49.8 Å². The van der Waals surface area contributed by atoms with Crippen molar-refractivity contribution in [2.24, 2.45) is 10.9 Å². The van der Waals surface area contributed by atoms with Gasteiger partial charge in [-0.3, -0.25) is 9.89 Å². The zero-order chi connectivity index (χ0) is 19.2. The molecule has 0 radical (unpaired) electrons. The first-order valence-electron chi connectivity index (χ1n) is 10.2. The number of likely N-dealkylation sites (N-methyl/N-ethyl adjacent to an activating group) is 1. The van der Waals surface area contributed by atoms with Crippen LogP contribution in [0.2, 0.25) is 0 Å². The van der Waals surface area contributed by atoms with E-state index in [4.69, 9.17) is 0 Å². The van der Waals surface area contributed by atoms with E-state index >= 15 is 0 Å². The number of rotatable bonds is 7. The second-order valence-electron chi connectivity index (χ2n) is 8.14. The number of nitrogens with one attached hydrogen (secondary N) is 2. The van der Waals surface area contributed by atoms with Crippen LogP contribution in [0.5, 0.6) is 0 Å². The average Bonchev–Trinajstić information content (AvgIpc) is 3.49. The minimum Gasteiger partial charge on any atom is -0.355 e. The Morgan fingerprint density at radius 3 is 2.41 bits per heavy atom. The number of likely N-dealkylation sites (tertiary alicyclic amines) is 1. The zero-order valence-corrected chi connectivity index (χ0v) is 18.5. The Labute approximate surface area is 172 Å². The topological polar surface area (TPSA) is 42.9 Å². The van der Waals surface area contributed by atoms with Gasteiger partial charge in [0.05, 0.1) is 0 Å². The summed E-state index contributed by atoms with van der Waals surface area (Å²) >= 11 is 3.51. The van der Waals surface area contributed by atoms with Crippen molar-refractivity contribution >= 4 is 21.9 Å². The third-order valence-electron chi connectivity index (χ3n) is 5.78. The average molecular weight is 436 g/mol. The molecule has 150 valence electrons. The zero-order valence-electron chi connectivity index (χ0n) is 16.9. The molecule has 1 saturated carbocycles. The van der Waals surface area contributed by atoms with E-state index in [9.17, 15) is 0 Å². The van der Waals surface area contributed by atoms with Gasteiger partial charge in [-0.1, -0.05) is 28.1 Å². The molecule has 6 heteroatoms. The molecule has 0 aromatic heterocycles. The summed E-state index contributed by atoms with van der Waals surface area (Å²) in [5, 5.41) is 7.19. The first-order valence-corrected chi connectivity index (χ1v) is 10.9. The summed E-state index contributed by atoms with van der Waals surface area (Å²) in [5.74, 6) is 1.81. The summed E-state index contributed by atoms with van der Waals surface area (Å²) in [5.41, 5.74) is 1.39. The Bertz CT molecular complexity index is 602. The molecule has 0 bridgehead atoms. The molecule has 1 unspecified atom stereocenters. The van der Waals surface area contributed by atoms with Crippen LogP contribution in [-0.4, -0.2) is 68.6 Å². The number of nitrogens with zero attached hydrogens (tertiary/aromatic N) is 3. The fourth-order valence-electron chi connectivity index (χ4n) is 3.92. The second-order valence-corrected chi connectivity index (χ2v) is 9.06. The number of benzene rings is 1. The lowest BCUT2D eigenvalue weighted by Gasteiger charge is -2.33. The van der Waals surface area contributed by atoms with E-state index in [1.165, 1.54) is 18.4 Å². The molecule has 2 aliphatic rings. The Morgan fingerprint density at radius 2 is 1.85 bits per heavy atom. The Morgan fingerprint density at radius 1 is 1.19 bits per heavy atom. The van der Waals surface area contributed by atoms with Crippen molar-refractivity contribution in [2.75, 3.05) is 40.8 Å². The molecule has 0 amide bonds. The van der Waals surface area contributed by atoms with Gasteiger partial charge in [-0.05, 0) is 63.4 Å². The highest BCUT2D eigenvalue weighted by molar-refractivity contribution is 9.10. The van der Waals surface area contributed by atoms with Crippen molar-refractivity contribution in [3.05, 3.63) is 34.3 Å². The van der Waals surface area contributed by atoms with Crippen LogP contribution < -0.4 is 10.6 Å². The van der Waals surface area contributed by atoms with Crippen molar-refractivity contribution in [3.63, 3.8) is 0 Å². The van der Waals surface area contributed by atoms with Crippen molar-refractivity contribution in [1.82, 2.24) is 20.4 Å². The van der Waals surface area contributed by atoms with Crippen molar-refractivity contribution in [1.29, 1.82) is 0 Å².